The molecule has 0 atom stereocenters. The lowest BCUT2D eigenvalue weighted by atomic mass is 10.2. The van der Waals surface area contributed by atoms with Crippen LogP contribution in [-0.2, 0) is 19.5 Å². The van der Waals surface area contributed by atoms with Crippen molar-refractivity contribution in [1.29, 1.82) is 0 Å². The van der Waals surface area contributed by atoms with Gasteiger partial charge in [0.15, 0.2) is 17.5 Å². The lowest BCUT2D eigenvalue weighted by Crippen LogP contribution is -2.27. The lowest BCUT2D eigenvalue weighted by molar-refractivity contribution is -0.136. The molecule has 178 valence electrons. The van der Waals surface area contributed by atoms with Crippen LogP contribution in [0.2, 0.25) is 5.02 Å². The van der Waals surface area contributed by atoms with Gasteiger partial charge in [0, 0.05) is 23.6 Å². The van der Waals surface area contributed by atoms with Gasteiger partial charge in [-0.3, -0.25) is 4.57 Å². The maximum atomic E-state index is 13.6. The first-order valence-corrected chi connectivity index (χ1v) is 10.6. The van der Waals surface area contributed by atoms with E-state index >= 15 is 0 Å². The third kappa shape index (κ3) is 5.16. The molecule has 0 aliphatic heterocycles. The molecule has 3 heterocycles. The standard InChI is InChI=1S/C21H18ClF4N7O/c1-2-17-28-16(29-33(17)18-5-3-4-15(23)27-18)12-32-20(34)31(11-10-21(24,25)26)19(30-32)13-6-8-14(22)9-7-13/h3-9H,2,10-12H2,1H3. The van der Waals surface area contributed by atoms with Crippen molar-refractivity contribution in [3.05, 3.63) is 75.6 Å². The Labute approximate surface area is 195 Å². The fourth-order valence-corrected chi connectivity index (χ4v) is 3.44. The second-order valence-electron chi connectivity index (χ2n) is 7.32. The van der Waals surface area contributed by atoms with Crippen molar-refractivity contribution in [3.8, 4) is 17.2 Å². The van der Waals surface area contributed by atoms with E-state index in [-0.39, 0.29) is 24.0 Å². The van der Waals surface area contributed by atoms with E-state index in [0.29, 0.717) is 22.8 Å². The smallest absolute Gasteiger partial charge is 0.275 e. The summed E-state index contributed by atoms with van der Waals surface area (Å²) in [5.74, 6) is 0.223. The summed E-state index contributed by atoms with van der Waals surface area (Å²) in [6, 6.07) is 10.5. The van der Waals surface area contributed by atoms with E-state index in [4.69, 9.17) is 11.6 Å². The molecular weight excluding hydrogens is 478 g/mol. The predicted molar refractivity (Wildman–Crippen MR) is 115 cm³/mol. The second-order valence-corrected chi connectivity index (χ2v) is 7.75. The van der Waals surface area contributed by atoms with Gasteiger partial charge in [-0.05, 0) is 36.4 Å². The number of halogens is 5. The molecule has 8 nitrogen and oxygen atoms in total. The Morgan fingerprint density at radius 1 is 1.03 bits per heavy atom. The minimum Gasteiger partial charge on any atom is -0.275 e. The number of alkyl halides is 3. The van der Waals surface area contributed by atoms with E-state index in [9.17, 15) is 22.4 Å². The van der Waals surface area contributed by atoms with Gasteiger partial charge in [-0.1, -0.05) is 24.6 Å². The highest BCUT2D eigenvalue weighted by atomic mass is 35.5. The quantitative estimate of drug-likeness (QED) is 0.285. The topological polar surface area (TPSA) is 83.4 Å². The largest absolute Gasteiger partial charge is 0.390 e. The van der Waals surface area contributed by atoms with Crippen LogP contribution in [0.3, 0.4) is 0 Å². The van der Waals surface area contributed by atoms with Crippen molar-refractivity contribution in [2.45, 2.75) is 39.0 Å². The van der Waals surface area contributed by atoms with Gasteiger partial charge >= 0.3 is 11.9 Å². The first-order chi connectivity index (χ1) is 16.1. The summed E-state index contributed by atoms with van der Waals surface area (Å²) in [5.41, 5.74) is -0.313. The molecule has 0 aliphatic rings. The van der Waals surface area contributed by atoms with Gasteiger partial charge in [0.25, 0.3) is 0 Å². The first kappa shape index (κ1) is 23.6. The van der Waals surface area contributed by atoms with Crippen molar-refractivity contribution in [1.82, 2.24) is 34.1 Å². The number of pyridine rings is 1. The predicted octanol–water partition coefficient (Wildman–Crippen LogP) is 4.04. The zero-order valence-corrected chi connectivity index (χ0v) is 18.6. The molecule has 4 aromatic rings. The van der Waals surface area contributed by atoms with Crippen molar-refractivity contribution in [3.63, 3.8) is 0 Å². The number of benzene rings is 1. The lowest BCUT2D eigenvalue weighted by Gasteiger charge is -2.08. The Hall–Kier alpha value is -3.54. The summed E-state index contributed by atoms with van der Waals surface area (Å²) in [5, 5.41) is 8.99. The van der Waals surface area contributed by atoms with Crippen molar-refractivity contribution in [2.75, 3.05) is 0 Å². The van der Waals surface area contributed by atoms with E-state index in [1.54, 1.807) is 30.3 Å². The van der Waals surface area contributed by atoms with Crippen LogP contribution in [0.4, 0.5) is 17.6 Å². The molecule has 0 aliphatic carbocycles. The Balaban J connectivity index is 1.72. The Morgan fingerprint density at radius 2 is 1.76 bits per heavy atom. The number of aryl methyl sites for hydroxylation is 1. The van der Waals surface area contributed by atoms with Crippen LogP contribution in [0.15, 0.2) is 47.3 Å². The molecule has 13 heteroatoms. The van der Waals surface area contributed by atoms with Gasteiger partial charge in [-0.15, -0.1) is 10.2 Å². The molecule has 1 aromatic carbocycles. The summed E-state index contributed by atoms with van der Waals surface area (Å²) >= 11 is 5.90. The van der Waals surface area contributed by atoms with Crippen LogP contribution in [0.5, 0.6) is 0 Å². The molecule has 0 spiro atoms. The molecule has 0 N–H and O–H groups in total. The Bertz CT molecular complexity index is 1360. The van der Waals surface area contributed by atoms with Gasteiger partial charge in [-0.2, -0.15) is 22.2 Å². The molecule has 0 saturated heterocycles. The molecule has 0 unspecified atom stereocenters. The third-order valence-electron chi connectivity index (χ3n) is 4.89. The minimum atomic E-state index is -4.45. The summed E-state index contributed by atoms with van der Waals surface area (Å²) in [6.07, 6.45) is -5.21. The molecule has 4 rings (SSSR count). The van der Waals surface area contributed by atoms with E-state index in [2.05, 4.69) is 20.2 Å². The molecule has 0 amide bonds. The maximum Gasteiger partial charge on any atom is 0.390 e. The zero-order chi connectivity index (χ0) is 24.5. The molecule has 0 radical (unpaired) electrons. The van der Waals surface area contributed by atoms with Gasteiger partial charge in [0.2, 0.25) is 5.95 Å². The van der Waals surface area contributed by atoms with E-state index in [0.717, 1.165) is 9.25 Å². The summed E-state index contributed by atoms with van der Waals surface area (Å²) < 4.78 is 55.5. The van der Waals surface area contributed by atoms with Gasteiger partial charge in [0.1, 0.15) is 12.4 Å². The fourth-order valence-electron chi connectivity index (χ4n) is 3.32. The monoisotopic (exact) mass is 495 g/mol. The number of rotatable bonds is 7. The molecule has 0 fully saturated rings. The molecule has 34 heavy (non-hydrogen) atoms. The minimum absolute atomic E-state index is 0.0628. The average Bonchev–Trinajstić information content (AvgIpc) is 3.33. The van der Waals surface area contributed by atoms with Crippen molar-refractivity contribution >= 4 is 11.6 Å². The highest BCUT2D eigenvalue weighted by Crippen LogP contribution is 2.23. The SMILES string of the molecule is CCc1nc(Cn2nc(-c3ccc(Cl)cc3)n(CCC(F)(F)F)c2=O)nn1-c1cccc(F)n1. The third-order valence-corrected chi connectivity index (χ3v) is 5.14. The summed E-state index contributed by atoms with van der Waals surface area (Å²) in [4.78, 5) is 21.1. The van der Waals surface area contributed by atoms with Crippen LogP contribution < -0.4 is 5.69 Å². The van der Waals surface area contributed by atoms with Crippen LogP contribution in [0.1, 0.15) is 25.0 Å². The Kier molecular flexibility index (Phi) is 6.51. The van der Waals surface area contributed by atoms with E-state index in [1.807, 2.05) is 6.92 Å². The number of aromatic nitrogens is 7. The van der Waals surface area contributed by atoms with Gasteiger partial charge < -0.3 is 0 Å². The molecule has 0 bridgehead atoms. The van der Waals surface area contributed by atoms with Crippen LogP contribution in [0, 0.1) is 5.95 Å². The number of hydrogen-bond donors (Lipinski definition) is 0. The molecule has 0 saturated carbocycles. The van der Waals surface area contributed by atoms with Crippen molar-refractivity contribution in [2.24, 2.45) is 0 Å². The van der Waals surface area contributed by atoms with Crippen LogP contribution in [-0.4, -0.2) is 40.3 Å². The van der Waals surface area contributed by atoms with Crippen molar-refractivity contribution < 1.29 is 17.6 Å². The highest BCUT2D eigenvalue weighted by Gasteiger charge is 2.28. The number of nitrogens with zero attached hydrogens (tertiary/aromatic N) is 7. The van der Waals surface area contributed by atoms with Crippen LogP contribution >= 0.6 is 11.6 Å². The summed E-state index contributed by atoms with van der Waals surface area (Å²) in [6.45, 7) is 1.02. The molecule has 3 aromatic heterocycles. The van der Waals surface area contributed by atoms with Gasteiger partial charge in [0.05, 0.1) is 6.42 Å². The average molecular weight is 496 g/mol. The van der Waals surface area contributed by atoms with E-state index in [1.165, 1.54) is 16.8 Å². The highest BCUT2D eigenvalue weighted by molar-refractivity contribution is 6.30. The fraction of sp³-hybridized carbons (Fsp3) is 0.286. The second kappa shape index (κ2) is 9.37. The zero-order valence-electron chi connectivity index (χ0n) is 17.8. The maximum absolute atomic E-state index is 13.6. The number of hydrogen-bond acceptors (Lipinski definition) is 5. The normalized spacial score (nSPS) is 11.8. The van der Waals surface area contributed by atoms with E-state index < -0.39 is 30.8 Å². The molecular formula is C21H18ClF4N7O. The van der Waals surface area contributed by atoms with Crippen LogP contribution in [0.25, 0.3) is 17.2 Å². The summed E-state index contributed by atoms with van der Waals surface area (Å²) in [7, 11) is 0. The first-order valence-electron chi connectivity index (χ1n) is 10.2. The van der Waals surface area contributed by atoms with Gasteiger partial charge in [-0.25, -0.2) is 19.4 Å². The Morgan fingerprint density at radius 3 is 2.41 bits per heavy atom.